The van der Waals surface area contributed by atoms with Crippen molar-refractivity contribution in [1.82, 2.24) is 20.3 Å². The molecule has 0 radical (unpaired) electrons. The zero-order valence-electron chi connectivity index (χ0n) is 19.9. The van der Waals surface area contributed by atoms with Crippen molar-refractivity contribution in [3.63, 3.8) is 0 Å². The van der Waals surface area contributed by atoms with E-state index in [4.69, 9.17) is 4.52 Å². The Hall–Kier alpha value is -2.81. The van der Waals surface area contributed by atoms with Crippen LogP contribution in [-0.2, 0) is 4.79 Å². The van der Waals surface area contributed by atoms with Crippen molar-refractivity contribution in [1.29, 1.82) is 0 Å². The average molecular weight is 475 g/mol. The molecule has 1 saturated carbocycles. The highest BCUT2D eigenvalue weighted by atomic mass is 19.1. The fraction of sp³-hybridized carbons (Fsp3) is 0.560. The average Bonchev–Trinajstić information content (AvgIpc) is 3.48. The largest absolute Gasteiger partial charge is 0.355 e. The van der Waals surface area contributed by atoms with Crippen LogP contribution in [0.15, 0.2) is 28.8 Å². The first-order chi connectivity index (χ1) is 16.3. The van der Waals surface area contributed by atoms with Crippen molar-refractivity contribution < 1.29 is 22.9 Å². The highest BCUT2D eigenvalue weighted by Gasteiger charge is 2.41. The van der Waals surface area contributed by atoms with E-state index in [0.717, 1.165) is 31.5 Å². The number of hydrogen-bond acceptors (Lipinski definition) is 5. The first kappa shape index (κ1) is 24.3. The van der Waals surface area contributed by atoms with Crippen molar-refractivity contribution in [2.45, 2.75) is 51.1 Å². The van der Waals surface area contributed by atoms with Gasteiger partial charge in [-0.25, -0.2) is 8.78 Å². The summed E-state index contributed by atoms with van der Waals surface area (Å²) >= 11 is 0. The van der Waals surface area contributed by atoms with E-state index in [2.05, 4.69) is 22.3 Å². The van der Waals surface area contributed by atoms with Crippen molar-refractivity contribution >= 4 is 11.8 Å². The van der Waals surface area contributed by atoms with Crippen LogP contribution in [0.25, 0.3) is 11.3 Å². The Labute approximate surface area is 198 Å². The smallest absolute Gasteiger partial charge is 0.273 e. The van der Waals surface area contributed by atoms with Gasteiger partial charge in [0.15, 0.2) is 11.5 Å². The fourth-order valence-electron chi connectivity index (χ4n) is 5.45. The molecule has 34 heavy (non-hydrogen) atoms. The first-order valence-corrected chi connectivity index (χ1v) is 12.0. The first-order valence-electron chi connectivity index (χ1n) is 12.0. The number of rotatable bonds is 6. The van der Waals surface area contributed by atoms with Crippen LogP contribution in [0.3, 0.4) is 0 Å². The van der Waals surface area contributed by atoms with Gasteiger partial charge >= 0.3 is 0 Å². The zero-order chi connectivity index (χ0) is 24.4. The molecule has 1 aromatic carbocycles. The molecule has 2 fully saturated rings. The van der Waals surface area contributed by atoms with Gasteiger partial charge in [0.1, 0.15) is 11.6 Å². The number of aromatic nitrogens is 1. The molecule has 1 aliphatic carbocycles. The Bertz CT molecular complexity index is 1040. The van der Waals surface area contributed by atoms with Crippen LogP contribution >= 0.6 is 0 Å². The summed E-state index contributed by atoms with van der Waals surface area (Å²) in [5, 5.41) is 6.73. The Morgan fingerprint density at radius 1 is 1.21 bits per heavy atom. The van der Waals surface area contributed by atoms with Gasteiger partial charge in [0.05, 0.1) is 11.5 Å². The summed E-state index contributed by atoms with van der Waals surface area (Å²) in [4.78, 5) is 30.0. The van der Waals surface area contributed by atoms with Gasteiger partial charge in [-0.15, -0.1) is 0 Å². The maximum absolute atomic E-state index is 14.1. The van der Waals surface area contributed by atoms with Crippen LogP contribution in [0.1, 0.15) is 49.5 Å². The molecular weight excluding hydrogens is 442 g/mol. The lowest BCUT2D eigenvalue weighted by Crippen LogP contribution is -2.58. The Balaban J connectivity index is 1.48. The number of likely N-dealkylation sites (tertiary alicyclic amines) is 1. The maximum atomic E-state index is 14.1. The van der Waals surface area contributed by atoms with Crippen LogP contribution in [0, 0.1) is 23.5 Å². The molecule has 4 atom stereocenters. The second-order valence-corrected chi connectivity index (χ2v) is 9.57. The molecule has 7 nitrogen and oxygen atoms in total. The van der Waals surface area contributed by atoms with Crippen molar-refractivity contribution in [2.24, 2.45) is 11.8 Å². The Morgan fingerprint density at radius 3 is 2.71 bits per heavy atom. The maximum Gasteiger partial charge on any atom is 0.273 e. The van der Waals surface area contributed by atoms with Crippen molar-refractivity contribution in [2.75, 3.05) is 27.2 Å². The van der Waals surface area contributed by atoms with E-state index in [0.29, 0.717) is 24.9 Å². The predicted octanol–water partition coefficient (Wildman–Crippen LogP) is 3.71. The molecule has 4 rings (SSSR count). The lowest BCUT2D eigenvalue weighted by molar-refractivity contribution is -0.136. The normalized spacial score (nSPS) is 25.3. The quantitative estimate of drug-likeness (QED) is 0.691. The number of piperidine rings is 1. The molecule has 0 bridgehead atoms. The Morgan fingerprint density at radius 2 is 2.00 bits per heavy atom. The van der Waals surface area contributed by atoms with Gasteiger partial charge in [0.25, 0.3) is 5.91 Å². The summed E-state index contributed by atoms with van der Waals surface area (Å²) in [5.41, 5.74) is 0.00279. The van der Waals surface area contributed by atoms with Crippen LogP contribution in [0.5, 0.6) is 0 Å². The van der Waals surface area contributed by atoms with E-state index < -0.39 is 17.5 Å². The van der Waals surface area contributed by atoms with Gasteiger partial charge in [-0.2, -0.15) is 0 Å². The molecule has 9 heteroatoms. The SMILES string of the molecule is CC[C@H]1CCC[C@H]1N1CC[C@@H](NC(=O)c2cc(-c3ccc(F)cc3F)on2)[C@H](C(=O)N(C)C)C1. The second kappa shape index (κ2) is 10.2. The fourth-order valence-corrected chi connectivity index (χ4v) is 5.45. The summed E-state index contributed by atoms with van der Waals surface area (Å²) in [7, 11) is 3.46. The monoisotopic (exact) mass is 474 g/mol. The molecule has 1 N–H and O–H groups in total. The van der Waals surface area contributed by atoms with E-state index in [1.54, 1.807) is 19.0 Å². The van der Waals surface area contributed by atoms with Crippen molar-refractivity contribution in [3.8, 4) is 11.3 Å². The third-order valence-corrected chi connectivity index (χ3v) is 7.27. The molecule has 1 aromatic heterocycles. The molecule has 184 valence electrons. The van der Waals surface area contributed by atoms with Gasteiger partial charge < -0.3 is 14.7 Å². The predicted molar refractivity (Wildman–Crippen MR) is 123 cm³/mol. The summed E-state index contributed by atoms with van der Waals surface area (Å²) in [6.45, 7) is 3.64. The number of halogens is 2. The molecule has 1 saturated heterocycles. The van der Waals surface area contributed by atoms with E-state index in [9.17, 15) is 18.4 Å². The number of carbonyl (C=O) groups excluding carboxylic acids is 2. The second-order valence-electron chi connectivity index (χ2n) is 9.57. The highest BCUT2D eigenvalue weighted by molar-refractivity contribution is 5.94. The minimum absolute atomic E-state index is 0.0148. The third-order valence-electron chi connectivity index (χ3n) is 7.27. The topological polar surface area (TPSA) is 78.7 Å². The third kappa shape index (κ3) is 4.99. The number of hydrogen-bond donors (Lipinski definition) is 1. The molecule has 1 aliphatic heterocycles. The van der Waals surface area contributed by atoms with Gasteiger partial charge in [-0.05, 0) is 37.3 Å². The number of nitrogens with zero attached hydrogens (tertiary/aromatic N) is 3. The lowest BCUT2D eigenvalue weighted by Gasteiger charge is -2.43. The van der Waals surface area contributed by atoms with Crippen LogP contribution < -0.4 is 5.32 Å². The van der Waals surface area contributed by atoms with Crippen molar-refractivity contribution in [3.05, 3.63) is 41.6 Å². The number of amides is 2. The minimum atomic E-state index is -0.801. The molecule has 2 amide bonds. The van der Waals surface area contributed by atoms with Gasteiger partial charge in [-0.3, -0.25) is 14.5 Å². The van der Waals surface area contributed by atoms with Gasteiger partial charge in [0.2, 0.25) is 5.91 Å². The summed E-state index contributed by atoms with van der Waals surface area (Å²) in [5.74, 6) is -1.69. The summed E-state index contributed by atoms with van der Waals surface area (Å²) in [6, 6.07) is 4.57. The van der Waals surface area contributed by atoms with E-state index >= 15 is 0 Å². The van der Waals surface area contributed by atoms with E-state index in [-0.39, 0.29) is 34.9 Å². The summed E-state index contributed by atoms with van der Waals surface area (Å²) in [6.07, 6.45) is 5.39. The molecule has 2 aliphatic rings. The van der Waals surface area contributed by atoms with E-state index in [1.165, 1.54) is 25.0 Å². The van der Waals surface area contributed by atoms with Crippen LogP contribution in [0.2, 0.25) is 0 Å². The minimum Gasteiger partial charge on any atom is -0.355 e. The zero-order valence-corrected chi connectivity index (χ0v) is 19.9. The lowest BCUT2D eigenvalue weighted by atomic mass is 9.88. The molecule has 2 heterocycles. The molecule has 0 spiro atoms. The highest BCUT2D eigenvalue weighted by Crippen LogP contribution is 2.35. The van der Waals surface area contributed by atoms with Crippen LogP contribution in [0.4, 0.5) is 8.78 Å². The standard InChI is InChI=1S/C25H32F2N4O3/c1-4-15-6-5-7-22(15)31-11-10-20(18(14-31)25(33)30(2)3)28-24(32)21-13-23(34-29-21)17-9-8-16(26)12-19(17)27/h8-9,12-13,15,18,20,22H,4-7,10-11,14H2,1-3H3,(H,28,32)/t15-,18+,20+,22+/m0/s1. The number of carbonyl (C=O) groups is 2. The van der Waals surface area contributed by atoms with Gasteiger partial charge in [-0.1, -0.05) is 24.9 Å². The van der Waals surface area contributed by atoms with Gasteiger partial charge in [0, 0.05) is 51.4 Å². The molecule has 0 unspecified atom stereocenters. The molecule has 2 aromatic rings. The Kier molecular flexibility index (Phi) is 7.30. The van der Waals surface area contributed by atoms with E-state index in [1.807, 2.05) is 0 Å². The molecular formula is C25H32F2N4O3. The number of nitrogens with one attached hydrogen (secondary N) is 1. The number of benzene rings is 1. The summed E-state index contributed by atoms with van der Waals surface area (Å²) < 4.78 is 32.4. The van der Waals surface area contributed by atoms with Crippen LogP contribution in [-0.4, -0.2) is 66.0 Å².